The van der Waals surface area contributed by atoms with Crippen LogP contribution in [0.4, 0.5) is 5.82 Å². The fourth-order valence-corrected chi connectivity index (χ4v) is 2.18. The van der Waals surface area contributed by atoms with Crippen LogP contribution in [-0.2, 0) is 0 Å². The van der Waals surface area contributed by atoms with Crippen molar-refractivity contribution in [1.29, 1.82) is 0 Å². The van der Waals surface area contributed by atoms with Crippen molar-refractivity contribution in [2.45, 2.75) is 0 Å². The monoisotopic (exact) mass is 402 g/mol. The largest absolute Gasteiger partial charge is 0.306 e. The van der Waals surface area contributed by atoms with E-state index in [9.17, 15) is 4.79 Å². The Morgan fingerprint density at radius 1 is 1.29 bits per heavy atom. The number of carbonyl (C=O) groups is 1. The first-order valence-electron chi connectivity index (χ1n) is 4.84. The quantitative estimate of drug-likeness (QED) is 0.778. The molecular weight excluding hydrogens is 395 g/mol. The molecule has 1 heterocycles. The highest BCUT2D eigenvalue weighted by Crippen LogP contribution is 2.19. The van der Waals surface area contributed by atoms with Crippen LogP contribution in [-0.4, -0.2) is 10.9 Å². The van der Waals surface area contributed by atoms with Crippen molar-refractivity contribution >= 4 is 50.2 Å². The molecule has 1 aromatic heterocycles. The van der Waals surface area contributed by atoms with Crippen LogP contribution in [0.2, 0.25) is 0 Å². The minimum Gasteiger partial charge on any atom is -0.306 e. The Bertz CT molecular complexity index is 560. The molecule has 0 aliphatic heterocycles. The number of halogens is 2. The van der Waals surface area contributed by atoms with E-state index in [0.717, 1.165) is 8.04 Å². The summed E-state index contributed by atoms with van der Waals surface area (Å²) in [7, 11) is 0. The maximum atomic E-state index is 11.9. The third kappa shape index (κ3) is 3.26. The van der Waals surface area contributed by atoms with Crippen molar-refractivity contribution < 1.29 is 4.79 Å². The summed E-state index contributed by atoms with van der Waals surface area (Å²) in [4.78, 5) is 16.0. The molecule has 1 N–H and O–H groups in total. The lowest BCUT2D eigenvalue weighted by molar-refractivity contribution is 0.102. The van der Waals surface area contributed by atoms with E-state index in [1.165, 1.54) is 0 Å². The number of carbonyl (C=O) groups excluding carboxylic acids is 1. The summed E-state index contributed by atoms with van der Waals surface area (Å²) in [6, 6.07) is 11.0. The van der Waals surface area contributed by atoms with Crippen LogP contribution >= 0.6 is 38.5 Å². The highest BCUT2D eigenvalue weighted by Gasteiger charge is 2.08. The number of nitrogens with zero attached hydrogens (tertiary/aromatic N) is 1. The van der Waals surface area contributed by atoms with Gasteiger partial charge >= 0.3 is 0 Å². The highest BCUT2D eigenvalue weighted by atomic mass is 127. The van der Waals surface area contributed by atoms with Gasteiger partial charge in [-0.3, -0.25) is 4.79 Å². The summed E-state index contributed by atoms with van der Waals surface area (Å²) < 4.78 is 1.79. The Balaban J connectivity index is 2.20. The van der Waals surface area contributed by atoms with Gasteiger partial charge in [0.1, 0.15) is 5.82 Å². The SMILES string of the molecule is O=C(Nc1ncccc1Br)c1cccc(I)c1. The van der Waals surface area contributed by atoms with E-state index in [0.29, 0.717) is 11.4 Å². The molecule has 0 spiro atoms. The van der Waals surface area contributed by atoms with Crippen LogP contribution in [0, 0.1) is 3.57 Å². The fraction of sp³-hybridized carbons (Fsp3) is 0. The van der Waals surface area contributed by atoms with E-state index in [1.54, 1.807) is 18.3 Å². The van der Waals surface area contributed by atoms with E-state index in [4.69, 9.17) is 0 Å². The minimum atomic E-state index is -0.164. The summed E-state index contributed by atoms with van der Waals surface area (Å²) in [5.41, 5.74) is 0.620. The number of pyridine rings is 1. The van der Waals surface area contributed by atoms with Crippen LogP contribution in [0.25, 0.3) is 0 Å². The van der Waals surface area contributed by atoms with Crippen LogP contribution in [0.1, 0.15) is 10.4 Å². The van der Waals surface area contributed by atoms with Crippen LogP contribution in [0.15, 0.2) is 47.1 Å². The van der Waals surface area contributed by atoms with Crippen molar-refractivity contribution in [2.75, 3.05) is 5.32 Å². The van der Waals surface area contributed by atoms with E-state index >= 15 is 0 Å². The predicted molar refractivity (Wildman–Crippen MR) is 79.0 cm³/mol. The molecule has 2 rings (SSSR count). The summed E-state index contributed by atoms with van der Waals surface area (Å²) >= 11 is 5.50. The van der Waals surface area contributed by atoms with Crippen LogP contribution in [0.3, 0.4) is 0 Å². The Kier molecular flexibility index (Phi) is 4.11. The molecule has 0 fully saturated rings. The number of nitrogens with one attached hydrogen (secondary N) is 1. The molecule has 0 radical (unpaired) electrons. The molecule has 0 saturated carbocycles. The Morgan fingerprint density at radius 2 is 2.12 bits per heavy atom. The summed E-state index contributed by atoms with van der Waals surface area (Å²) in [6.07, 6.45) is 1.63. The van der Waals surface area contributed by atoms with Gasteiger partial charge < -0.3 is 5.32 Å². The standard InChI is InChI=1S/C12H8BrIN2O/c13-10-5-2-6-15-11(10)16-12(17)8-3-1-4-9(14)7-8/h1-7H,(H,15,16,17). The maximum Gasteiger partial charge on any atom is 0.256 e. The molecule has 0 atom stereocenters. The molecule has 5 heteroatoms. The number of anilines is 1. The van der Waals surface area contributed by atoms with Gasteiger partial charge in [-0.2, -0.15) is 0 Å². The van der Waals surface area contributed by atoms with Gasteiger partial charge in [0.15, 0.2) is 0 Å². The molecule has 2 aromatic rings. The number of amides is 1. The molecule has 86 valence electrons. The summed E-state index contributed by atoms with van der Waals surface area (Å²) in [5, 5.41) is 2.75. The van der Waals surface area contributed by atoms with Crippen molar-refractivity contribution in [1.82, 2.24) is 4.98 Å². The number of hydrogen-bond acceptors (Lipinski definition) is 2. The van der Waals surface area contributed by atoms with Gasteiger partial charge in [-0.05, 0) is 68.9 Å². The van der Waals surface area contributed by atoms with E-state index in [-0.39, 0.29) is 5.91 Å². The van der Waals surface area contributed by atoms with Gasteiger partial charge in [-0.15, -0.1) is 0 Å². The van der Waals surface area contributed by atoms with E-state index < -0.39 is 0 Å². The van der Waals surface area contributed by atoms with Gasteiger partial charge in [0.2, 0.25) is 0 Å². The Labute approximate surface area is 121 Å². The zero-order valence-corrected chi connectivity index (χ0v) is 12.4. The lowest BCUT2D eigenvalue weighted by Gasteiger charge is -2.06. The van der Waals surface area contributed by atoms with E-state index in [1.807, 2.05) is 24.3 Å². The van der Waals surface area contributed by atoms with Crippen molar-refractivity contribution in [3.8, 4) is 0 Å². The Morgan fingerprint density at radius 3 is 2.82 bits per heavy atom. The summed E-state index contributed by atoms with van der Waals surface area (Å²) in [6.45, 7) is 0. The third-order valence-electron chi connectivity index (χ3n) is 2.08. The second kappa shape index (κ2) is 5.59. The topological polar surface area (TPSA) is 42.0 Å². The zero-order valence-electron chi connectivity index (χ0n) is 8.65. The normalized spacial score (nSPS) is 10.0. The Hall–Kier alpha value is -0.950. The van der Waals surface area contributed by atoms with E-state index in [2.05, 4.69) is 48.8 Å². The van der Waals surface area contributed by atoms with Gasteiger partial charge in [0.05, 0.1) is 4.47 Å². The highest BCUT2D eigenvalue weighted by molar-refractivity contribution is 14.1. The van der Waals surface area contributed by atoms with Gasteiger partial charge in [-0.25, -0.2) is 4.98 Å². The van der Waals surface area contributed by atoms with Gasteiger partial charge in [0, 0.05) is 15.3 Å². The average Bonchev–Trinajstić information content (AvgIpc) is 2.32. The molecule has 0 bridgehead atoms. The number of benzene rings is 1. The number of hydrogen-bond donors (Lipinski definition) is 1. The lowest BCUT2D eigenvalue weighted by Crippen LogP contribution is -2.13. The first kappa shape index (κ1) is 12.5. The fourth-order valence-electron chi connectivity index (χ4n) is 1.29. The first-order chi connectivity index (χ1) is 8.16. The van der Waals surface area contributed by atoms with Crippen molar-refractivity contribution in [2.24, 2.45) is 0 Å². The number of aromatic nitrogens is 1. The molecular formula is C12H8BrIN2O. The smallest absolute Gasteiger partial charge is 0.256 e. The van der Waals surface area contributed by atoms with Crippen molar-refractivity contribution in [3.63, 3.8) is 0 Å². The molecule has 0 aliphatic rings. The molecule has 0 unspecified atom stereocenters. The predicted octanol–water partition coefficient (Wildman–Crippen LogP) is 3.70. The minimum absolute atomic E-state index is 0.164. The van der Waals surface area contributed by atoms with Gasteiger partial charge in [-0.1, -0.05) is 6.07 Å². The third-order valence-corrected chi connectivity index (χ3v) is 3.39. The van der Waals surface area contributed by atoms with Gasteiger partial charge in [0.25, 0.3) is 5.91 Å². The van der Waals surface area contributed by atoms with Crippen LogP contribution in [0.5, 0.6) is 0 Å². The molecule has 0 saturated heterocycles. The first-order valence-corrected chi connectivity index (χ1v) is 6.71. The van der Waals surface area contributed by atoms with Crippen molar-refractivity contribution in [3.05, 3.63) is 56.2 Å². The second-order valence-corrected chi connectivity index (χ2v) is 5.40. The maximum absolute atomic E-state index is 11.9. The second-order valence-electron chi connectivity index (χ2n) is 3.30. The number of rotatable bonds is 2. The molecule has 17 heavy (non-hydrogen) atoms. The lowest BCUT2D eigenvalue weighted by atomic mass is 10.2. The summed E-state index contributed by atoms with van der Waals surface area (Å²) in [5.74, 6) is 0.360. The molecule has 1 aromatic carbocycles. The molecule has 0 aliphatic carbocycles. The zero-order chi connectivity index (χ0) is 12.3. The molecule has 3 nitrogen and oxygen atoms in total. The molecule has 1 amide bonds. The average molecular weight is 403 g/mol. The van der Waals surface area contributed by atoms with Crippen LogP contribution < -0.4 is 5.32 Å².